The Kier molecular flexibility index (Phi) is 4.68. The fraction of sp³-hybridized carbons (Fsp3) is 0.333. The molecule has 0 fully saturated rings. The van der Waals surface area contributed by atoms with Crippen LogP contribution in [-0.4, -0.2) is 10.0 Å². The Hall–Kier alpha value is -0.476. The molecule has 1 aromatic rings. The average molecular weight is 269 g/mol. The first kappa shape index (κ1) is 13.5. The number of rotatable bonds is 1. The summed E-state index contributed by atoms with van der Waals surface area (Å²) in [5, 5.41) is 20.0. The van der Waals surface area contributed by atoms with Gasteiger partial charge in [0.15, 0.2) is 0 Å². The molecule has 0 aromatic heterocycles. The summed E-state index contributed by atoms with van der Waals surface area (Å²) in [5.41, 5.74) is 1.36. The van der Waals surface area contributed by atoms with Crippen LogP contribution in [0.2, 0.25) is 0 Å². The first-order valence-corrected chi connectivity index (χ1v) is 3.81. The minimum Gasteiger partial charge on any atom is -0.559 e. The minimum absolute atomic E-state index is 0. The Balaban J connectivity index is 0.00000169. The van der Waals surface area contributed by atoms with Gasteiger partial charge in [0.25, 0.3) is 0 Å². The number of nitro groups is 1. The second kappa shape index (κ2) is 4.85. The summed E-state index contributed by atoms with van der Waals surface area (Å²) < 4.78 is 0. The Morgan fingerprint density at radius 1 is 1.29 bits per heavy atom. The summed E-state index contributed by atoms with van der Waals surface area (Å²) >= 11 is 0. The van der Waals surface area contributed by atoms with Gasteiger partial charge in [0.2, 0.25) is 5.69 Å². The van der Waals surface area contributed by atoms with Crippen LogP contribution in [0.4, 0.5) is 5.69 Å². The summed E-state index contributed by atoms with van der Waals surface area (Å²) in [6.45, 7) is 4.92. The molecule has 0 aliphatic carbocycles. The van der Waals surface area contributed by atoms with Crippen molar-refractivity contribution in [2.75, 3.05) is 0 Å². The normalized spacial score (nSPS) is 9.36. The minimum atomic E-state index is -0.571. The van der Waals surface area contributed by atoms with Crippen molar-refractivity contribution in [1.82, 2.24) is 0 Å². The molecule has 1 rings (SSSR count). The molecule has 0 bridgehead atoms. The second-order valence-corrected chi connectivity index (χ2v) is 2.95. The Labute approximate surface area is 107 Å². The van der Waals surface area contributed by atoms with Gasteiger partial charge in [-0.1, -0.05) is 26.3 Å². The van der Waals surface area contributed by atoms with Crippen LogP contribution in [0.5, 0.6) is 5.75 Å². The maximum atomic E-state index is 10.6. The molecule has 0 amide bonds. The van der Waals surface area contributed by atoms with Crippen LogP contribution in [-0.2, 0) is 32.7 Å². The van der Waals surface area contributed by atoms with Gasteiger partial charge < -0.3 is 5.11 Å². The smallest absolute Gasteiger partial charge is 0.559 e. The summed E-state index contributed by atoms with van der Waals surface area (Å²) in [4.78, 5) is 10.0. The van der Waals surface area contributed by atoms with Gasteiger partial charge in [-0.05, 0) is 0 Å². The summed E-state index contributed by atoms with van der Waals surface area (Å²) in [7, 11) is 0. The molecule has 0 aliphatic rings. The third-order valence-electron chi connectivity index (χ3n) is 2.05. The molecule has 0 saturated carbocycles. The van der Waals surface area contributed by atoms with Gasteiger partial charge in [-0.3, -0.25) is 10.1 Å². The monoisotopic (exact) mass is 269 g/mol. The number of benzene rings is 1. The molecule has 4 nitrogen and oxygen atoms in total. The largest absolute Gasteiger partial charge is 3.00 e. The Bertz CT molecular complexity index is 351. The molecule has 14 heavy (non-hydrogen) atoms. The van der Waals surface area contributed by atoms with Crippen molar-refractivity contribution in [3.63, 3.8) is 0 Å². The van der Waals surface area contributed by atoms with E-state index >= 15 is 0 Å². The first-order valence-electron chi connectivity index (χ1n) is 3.81. The van der Waals surface area contributed by atoms with E-state index in [9.17, 15) is 15.2 Å². The zero-order valence-electron chi connectivity index (χ0n) is 8.29. The van der Waals surface area contributed by atoms with Crippen molar-refractivity contribution in [3.05, 3.63) is 32.9 Å². The zero-order valence-corrected chi connectivity index (χ0v) is 11.1. The van der Waals surface area contributed by atoms with Crippen molar-refractivity contribution < 1.29 is 42.7 Å². The SMILES string of the molecule is Cc1[c-]c(C)c(O)c([N+](=O)[O-])c1C.[Y+3]. The summed E-state index contributed by atoms with van der Waals surface area (Å²) in [6, 6.07) is 2.85. The molecule has 1 aromatic carbocycles. The molecular weight excluding hydrogens is 259 g/mol. The number of hydrogen-bond acceptors (Lipinski definition) is 3. The van der Waals surface area contributed by atoms with E-state index in [0.717, 1.165) is 0 Å². The average Bonchev–Trinajstić information content (AvgIpc) is 2.01. The number of hydrogen-bond donors (Lipinski definition) is 1. The molecule has 0 atom stereocenters. The number of phenols is 1. The Morgan fingerprint density at radius 2 is 1.79 bits per heavy atom. The van der Waals surface area contributed by atoms with E-state index in [1.807, 2.05) is 0 Å². The Morgan fingerprint density at radius 3 is 2.21 bits per heavy atom. The van der Waals surface area contributed by atoms with Crippen LogP contribution in [0.25, 0.3) is 0 Å². The van der Waals surface area contributed by atoms with E-state index < -0.39 is 4.92 Å². The molecule has 1 N–H and O–H groups in total. The van der Waals surface area contributed by atoms with E-state index in [0.29, 0.717) is 16.7 Å². The van der Waals surface area contributed by atoms with Crippen LogP contribution in [0.15, 0.2) is 0 Å². The maximum absolute atomic E-state index is 10.6. The van der Waals surface area contributed by atoms with Crippen LogP contribution < -0.4 is 0 Å². The maximum Gasteiger partial charge on any atom is 3.00 e. The van der Waals surface area contributed by atoms with Gasteiger partial charge in [-0.15, -0.1) is 5.56 Å². The number of nitrogens with zero attached hydrogens (tertiary/aromatic N) is 1. The van der Waals surface area contributed by atoms with Gasteiger partial charge >= 0.3 is 32.7 Å². The van der Waals surface area contributed by atoms with Crippen LogP contribution in [0, 0.1) is 37.0 Å². The molecule has 70 valence electrons. The molecule has 0 unspecified atom stereocenters. The molecular formula is C9H10NO3Y+2. The quantitative estimate of drug-likeness (QED) is 0.482. The molecule has 5 heteroatoms. The first-order chi connectivity index (χ1) is 5.95. The third-order valence-corrected chi connectivity index (χ3v) is 2.05. The van der Waals surface area contributed by atoms with Crippen LogP contribution in [0.3, 0.4) is 0 Å². The molecule has 0 saturated heterocycles. The number of aromatic hydroxyl groups is 1. The number of nitro benzene ring substituents is 1. The molecule has 0 aliphatic heterocycles. The van der Waals surface area contributed by atoms with Gasteiger partial charge in [0, 0.05) is 4.92 Å². The van der Waals surface area contributed by atoms with Crippen molar-refractivity contribution in [2.45, 2.75) is 20.8 Å². The standard InChI is InChI=1S/C9H10NO3.Y/c1-5-4-6(2)9(11)8(7(5)3)10(12)13;/h11H,1-3H3;/q-1;+3. The number of phenolic OH excluding ortho intramolecular Hbond substituents is 1. The fourth-order valence-electron chi connectivity index (χ4n) is 1.19. The number of aryl methyl sites for hydroxylation is 2. The molecule has 0 radical (unpaired) electrons. The van der Waals surface area contributed by atoms with E-state index in [1.54, 1.807) is 20.8 Å². The second-order valence-electron chi connectivity index (χ2n) is 2.95. The van der Waals surface area contributed by atoms with Gasteiger partial charge in [0.1, 0.15) is 0 Å². The van der Waals surface area contributed by atoms with Crippen molar-refractivity contribution in [2.24, 2.45) is 0 Å². The predicted molar refractivity (Wildman–Crippen MR) is 47.8 cm³/mol. The van der Waals surface area contributed by atoms with Gasteiger partial charge in [0.05, 0.1) is 5.75 Å². The fourth-order valence-corrected chi connectivity index (χ4v) is 1.19. The third kappa shape index (κ3) is 2.31. The van der Waals surface area contributed by atoms with Crippen molar-refractivity contribution in [3.8, 4) is 5.75 Å². The van der Waals surface area contributed by atoms with Crippen molar-refractivity contribution >= 4 is 5.69 Å². The summed E-state index contributed by atoms with van der Waals surface area (Å²) in [6.07, 6.45) is 0. The predicted octanol–water partition coefficient (Wildman–Crippen LogP) is 2.02. The summed E-state index contributed by atoms with van der Waals surface area (Å²) in [5.74, 6) is -0.284. The molecule has 0 heterocycles. The molecule has 0 spiro atoms. The van der Waals surface area contributed by atoms with E-state index in [4.69, 9.17) is 0 Å². The van der Waals surface area contributed by atoms with Crippen LogP contribution in [0.1, 0.15) is 16.7 Å². The van der Waals surface area contributed by atoms with Gasteiger partial charge in [-0.2, -0.15) is 11.6 Å². The van der Waals surface area contributed by atoms with Crippen LogP contribution >= 0.6 is 0 Å². The topological polar surface area (TPSA) is 63.4 Å². The van der Waals surface area contributed by atoms with Crippen molar-refractivity contribution in [1.29, 1.82) is 0 Å². The van der Waals surface area contributed by atoms with E-state index in [2.05, 4.69) is 6.07 Å². The van der Waals surface area contributed by atoms with E-state index in [-0.39, 0.29) is 44.1 Å². The van der Waals surface area contributed by atoms with E-state index in [1.165, 1.54) is 0 Å². The zero-order chi connectivity index (χ0) is 10.2. The van der Waals surface area contributed by atoms with Gasteiger partial charge in [-0.25, -0.2) is 0 Å².